The summed E-state index contributed by atoms with van der Waals surface area (Å²) in [7, 11) is 0. The number of benzene rings is 1. The lowest BCUT2D eigenvalue weighted by Gasteiger charge is -2.05. The third-order valence-electron chi connectivity index (χ3n) is 5.59. The molecule has 0 atom stereocenters. The normalized spacial score (nSPS) is 13.1. The molecule has 0 nitrogen and oxygen atoms in total. The van der Waals surface area contributed by atoms with Gasteiger partial charge < -0.3 is 0 Å². The van der Waals surface area contributed by atoms with Crippen LogP contribution in [0.2, 0.25) is 0 Å². The monoisotopic (exact) mass is 769 g/mol. The molecule has 0 aliphatic heterocycles. The maximum atomic E-state index is 2.24. The average Bonchev–Trinajstić information content (AvgIpc) is 3.88. The summed E-state index contributed by atoms with van der Waals surface area (Å²) in [6.45, 7) is 50.5. The molecule has 4 aliphatic rings. The van der Waals surface area contributed by atoms with Crippen molar-refractivity contribution in [2.45, 2.75) is 288 Å². The van der Waals surface area contributed by atoms with Crippen LogP contribution >= 0.6 is 0 Å². The first kappa shape index (κ1) is 74.2. The van der Waals surface area contributed by atoms with Crippen LogP contribution in [0.25, 0.3) is 0 Å². The Morgan fingerprint density at radius 2 is 0.407 bits per heavy atom. The average molecular weight is 770 g/mol. The van der Waals surface area contributed by atoms with E-state index in [0.717, 1.165) is 29.6 Å². The van der Waals surface area contributed by atoms with E-state index in [2.05, 4.69) is 127 Å². The van der Waals surface area contributed by atoms with Crippen LogP contribution in [0, 0.1) is 29.6 Å². The fourth-order valence-electron chi connectivity index (χ4n) is 3.28. The second kappa shape index (κ2) is 80.6. The molecule has 0 spiro atoms. The zero-order valence-corrected chi connectivity index (χ0v) is 43.7. The fourth-order valence-corrected chi connectivity index (χ4v) is 3.28. The lowest BCUT2D eigenvalue weighted by molar-refractivity contribution is 0.504. The van der Waals surface area contributed by atoms with Crippen LogP contribution in [0.1, 0.15) is 287 Å². The third kappa shape index (κ3) is 174. The molecular formula is C54H120. The van der Waals surface area contributed by atoms with Crippen LogP contribution in [0.15, 0.2) is 30.3 Å². The molecule has 0 saturated heterocycles. The van der Waals surface area contributed by atoms with E-state index in [-0.39, 0.29) is 0 Å². The highest BCUT2D eigenvalue weighted by Gasteiger charge is 1.97. The SMILES string of the molecule is C1CC1.C1CCC1.C1CCCC1.C1CCCCC1.CC.CC.CC.CC.CC.CC(C)C.CC(C)C.CC(C)C.CC(C)C.CC(C)Cc1ccccc1. The molecule has 0 unspecified atom stereocenters. The maximum Gasteiger partial charge on any atom is -0.0256 e. The lowest BCUT2D eigenvalue weighted by atomic mass is 10.0. The van der Waals surface area contributed by atoms with Crippen LogP contribution in [-0.4, -0.2) is 0 Å². The Bertz CT molecular complexity index is 490. The van der Waals surface area contributed by atoms with Gasteiger partial charge in [0.1, 0.15) is 0 Å². The molecule has 0 amide bonds. The highest BCUT2D eigenvalue weighted by Crippen LogP contribution is 2.16. The van der Waals surface area contributed by atoms with Crippen molar-refractivity contribution in [3.63, 3.8) is 0 Å². The number of hydrogen-bond acceptors (Lipinski definition) is 0. The van der Waals surface area contributed by atoms with Crippen LogP contribution in [0.4, 0.5) is 0 Å². The molecule has 5 rings (SSSR count). The molecule has 0 aromatic heterocycles. The van der Waals surface area contributed by atoms with Crippen LogP contribution in [0.3, 0.4) is 0 Å². The molecule has 0 heteroatoms. The molecule has 54 heavy (non-hydrogen) atoms. The van der Waals surface area contributed by atoms with Gasteiger partial charge in [0.15, 0.2) is 0 Å². The van der Waals surface area contributed by atoms with Gasteiger partial charge in [-0.2, -0.15) is 0 Å². The van der Waals surface area contributed by atoms with Gasteiger partial charge in [0.05, 0.1) is 0 Å². The Morgan fingerprint density at radius 3 is 0.519 bits per heavy atom. The van der Waals surface area contributed by atoms with Gasteiger partial charge in [-0.25, -0.2) is 0 Å². The smallest absolute Gasteiger partial charge is 0.0256 e. The van der Waals surface area contributed by atoms with Crippen molar-refractivity contribution in [3.05, 3.63) is 35.9 Å². The Labute approximate surface area is 352 Å². The Kier molecular flexibility index (Phi) is 111. The first-order valence-corrected chi connectivity index (χ1v) is 24.8. The van der Waals surface area contributed by atoms with Crippen molar-refractivity contribution in [2.75, 3.05) is 0 Å². The van der Waals surface area contributed by atoms with E-state index in [1.165, 1.54) is 128 Å². The van der Waals surface area contributed by atoms with E-state index in [1.807, 2.05) is 69.2 Å². The van der Waals surface area contributed by atoms with Crippen molar-refractivity contribution in [3.8, 4) is 0 Å². The van der Waals surface area contributed by atoms with Crippen molar-refractivity contribution >= 4 is 0 Å². The van der Waals surface area contributed by atoms with Crippen molar-refractivity contribution < 1.29 is 0 Å². The van der Waals surface area contributed by atoms with Gasteiger partial charge >= 0.3 is 0 Å². The summed E-state index contributed by atoms with van der Waals surface area (Å²) in [6, 6.07) is 10.6. The Hall–Kier alpha value is -0.780. The summed E-state index contributed by atoms with van der Waals surface area (Å²) in [5, 5.41) is 0. The summed E-state index contributed by atoms with van der Waals surface area (Å²) in [5.41, 5.74) is 1.44. The highest BCUT2D eigenvalue weighted by atomic mass is 14.0. The van der Waals surface area contributed by atoms with Gasteiger partial charge in [0.25, 0.3) is 0 Å². The van der Waals surface area contributed by atoms with Gasteiger partial charge in [-0.3, -0.25) is 0 Å². The molecule has 0 N–H and O–H groups in total. The molecular weight excluding hydrogens is 649 g/mol. The van der Waals surface area contributed by atoms with Gasteiger partial charge in [-0.15, -0.1) is 0 Å². The molecule has 4 fully saturated rings. The molecule has 0 radical (unpaired) electrons. The minimum absolute atomic E-state index is 0.766. The second-order valence-electron chi connectivity index (χ2n) is 16.4. The summed E-state index contributed by atoms with van der Waals surface area (Å²) < 4.78 is 0. The van der Waals surface area contributed by atoms with Crippen LogP contribution in [0.5, 0.6) is 0 Å². The molecule has 0 bridgehead atoms. The summed E-state index contributed by atoms with van der Waals surface area (Å²) in [6.07, 6.45) is 28.2. The Morgan fingerprint density at radius 1 is 0.278 bits per heavy atom. The van der Waals surface area contributed by atoms with Gasteiger partial charge in [0, 0.05) is 0 Å². The lowest BCUT2D eigenvalue weighted by Crippen LogP contribution is -1.92. The van der Waals surface area contributed by atoms with E-state index < -0.39 is 0 Å². The first-order chi connectivity index (χ1) is 25.7. The summed E-state index contributed by atoms with van der Waals surface area (Å²) in [4.78, 5) is 0. The topological polar surface area (TPSA) is 0 Å². The van der Waals surface area contributed by atoms with Gasteiger partial charge in [-0.1, -0.05) is 312 Å². The zero-order chi connectivity index (χ0) is 44.4. The largest absolute Gasteiger partial charge is 0.0683 e. The molecule has 336 valence electrons. The zero-order valence-electron chi connectivity index (χ0n) is 43.7. The Balaban J connectivity index is -0.0000000597. The molecule has 1 aromatic rings. The van der Waals surface area contributed by atoms with E-state index in [0.29, 0.717) is 0 Å². The van der Waals surface area contributed by atoms with Crippen molar-refractivity contribution in [1.82, 2.24) is 0 Å². The van der Waals surface area contributed by atoms with E-state index in [4.69, 9.17) is 0 Å². The van der Waals surface area contributed by atoms with Gasteiger partial charge in [-0.05, 0) is 41.6 Å². The molecule has 4 aliphatic carbocycles. The molecule has 1 aromatic carbocycles. The van der Waals surface area contributed by atoms with E-state index in [9.17, 15) is 0 Å². The minimum Gasteiger partial charge on any atom is -0.0683 e. The quantitative estimate of drug-likeness (QED) is 0.281. The third-order valence-corrected chi connectivity index (χ3v) is 5.59. The second-order valence-corrected chi connectivity index (χ2v) is 16.4. The summed E-state index contributed by atoms with van der Waals surface area (Å²) >= 11 is 0. The van der Waals surface area contributed by atoms with E-state index >= 15 is 0 Å². The standard InChI is InChI=1S/C10H14.C6H12.C5H10.C4H8.4C4H10.C3H6.5C2H6/c1-9(2)8-10-6-4-3-5-7-10;1-2-4-6-5-3-1;1-2-4-5-3-1;1-2-4-3-1;4*1-4(2)3;1-2-3-1;5*1-2/h3-7,9H,8H2,1-2H3;1-6H2;1-5H2;1-4H2;4*4H,1-3H3;1-3H2;5*1-2H3. The first-order valence-electron chi connectivity index (χ1n) is 24.8. The fraction of sp³-hybridized carbons (Fsp3) is 0.889. The minimum atomic E-state index is 0.766. The highest BCUT2D eigenvalue weighted by molar-refractivity contribution is 5.14. The predicted octanol–water partition coefficient (Wildman–Crippen LogP) is 21.7. The number of hydrogen-bond donors (Lipinski definition) is 0. The summed E-state index contributed by atoms with van der Waals surface area (Å²) in [5.74, 6) is 4.10. The molecule has 0 heterocycles. The predicted molar refractivity (Wildman–Crippen MR) is 267 cm³/mol. The van der Waals surface area contributed by atoms with Gasteiger partial charge in [0.2, 0.25) is 0 Å². The number of rotatable bonds is 2. The maximum absolute atomic E-state index is 2.24. The van der Waals surface area contributed by atoms with Crippen molar-refractivity contribution in [2.24, 2.45) is 29.6 Å². The van der Waals surface area contributed by atoms with E-state index in [1.54, 1.807) is 0 Å². The van der Waals surface area contributed by atoms with Crippen LogP contribution in [-0.2, 0) is 6.42 Å². The molecule has 4 saturated carbocycles. The van der Waals surface area contributed by atoms with Crippen LogP contribution < -0.4 is 0 Å². The van der Waals surface area contributed by atoms with Crippen molar-refractivity contribution in [1.29, 1.82) is 0 Å².